The lowest BCUT2D eigenvalue weighted by atomic mass is 10.0. The second-order valence-electron chi connectivity index (χ2n) is 4.41. The van der Waals surface area contributed by atoms with E-state index >= 15 is 0 Å². The first kappa shape index (κ1) is 15.4. The van der Waals surface area contributed by atoms with Crippen LogP contribution in [0.25, 0.3) is 0 Å². The first-order valence-electron chi connectivity index (χ1n) is 6.29. The minimum absolute atomic E-state index is 0.00669. The summed E-state index contributed by atoms with van der Waals surface area (Å²) in [5.74, 6) is -0.255. The molecule has 4 heteroatoms. The number of benzene rings is 1. The molecule has 1 aromatic rings. The zero-order valence-electron chi connectivity index (χ0n) is 11.2. The molecule has 2 nitrogen and oxygen atoms in total. The van der Waals surface area contributed by atoms with E-state index < -0.39 is 0 Å². The largest absolute Gasteiger partial charge is 0.380 e. The van der Waals surface area contributed by atoms with Gasteiger partial charge >= 0.3 is 0 Å². The lowest BCUT2D eigenvalue weighted by Crippen LogP contribution is -2.41. The van der Waals surface area contributed by atoms with Gasteiger partial charge in [-0.05, 0) is 38.4 Å². The van der Waals surface area contributed by atoms with Gasteiger partial charge in [-0.2, -0.15) is 0 Å². The quantitative estimate of drug-likeness (QED) is 0.822. The van der Waals surface area contributed by atoms with Gasteiger partial charge in [0.05, 0.1) is 6.10 Å². The van der Waals surface area contributed by atoms with Crippen LogP contribution in [0, 0.1) is 5.82 Å². The van der Waals surface area contributed by atoms with Gasteiger partial charge in [0, 0.05) is 23.7 Å². The molecule has 1 N–H and O–H groups in total. The van der Waals surface area contributed by atoms with Gasteiger partial charge in [0.1, 0.15) is 5.82 Å². The average Bonchev–Trinajstić information content (AvgIpc) is 2.36. The van der Waals surface area contributed by atoms with Crippen LogP contribution in [-0.2, 0) is 11.2 Å². The fraction of sp³-hybridized carbons (Fsp3) is 0.571. The minimum atomic E-state index is -0.255. The Morgan fingerprint density at radius 1 is 1.44 bits per heavy atom. The summed E-state index contributed by atoms with van der Waals surface area (Å²) in [6.07, 6.45) is 1.56. The SMILES string of the molecule is CCCNC(Cc1c(F)cccc1Cl)C(C)OC. The van der Waals surface area contributed by atoms with Gasteiger partial charge in [-0.1, -0.05) is 24.6 Å². The maximum absolute atomic E-state index is 13.7. The Bertz CT molecular complexity index is 353. The maximum Gasteiger partial charge on any atom is 0.127 e. The highest BCUT2D eigenvalue weighted by Gasteiger charge is 2.19. The molecule has 0 aromatic heterocycles. The van der Waals surface area contributed by atoms with Crippen molar-refractivity contribution >= 4 is 11.6 Å². The molecule has 0 amide bonds. The smallest absolute Gasteiger partial charge is 0.127 e. The van der Waals surface area contributed by atoms with Gasteiger partial charge in [0.2, 0.25) is 0 Å². The number of hydrogen-bond donors (Lipinski definition) is 1. The Morgan fingerprint density at radius 3 is 2.72 bits per heavy atom. The van der Waals surface area contributed by atoms with E-state index in [-0.39, 0.29) is 18.0 Å². The number of methoxy groups -OCH3 is 1. The summed E-state index contributed by atoms with van der Waals surface area (Å²) >= 11 is 6.05. The summed E-state index contributed by atoms with van der Waals surface area (Å²) in [6, 6.07) is 4.84. The predicted molar refractivity (Wildman–Crippen MR) is 73.7 cm³/mol. The highest BCUT2D eigenvalue weighted by atomic mass is 35.5. The highest BCUT2D eigenvalue weighted by molar-refractivity contribution is 6.31. The molecule has 0 heterocycles. The molecule has 1 rings (SSSR count). The molecule has 0 radical (unpaired) electrons. The third-order valence-electron chi connectivity index (χ3n) is 3.08. The van der Waals surface area contributed by atoms with Crippen LogP contribution in [0.2, 0.25) is 5.02 Å². The van der Waals surface area contributed by atoms with E-state index in [1.165, 1.54) is 6.07 Å². The molecule has 0 aliphatic carbocycles. The molecule has 0 bridgehead atoms. The fourth-order valence-electron chi connectivity index (χ4n) is 1.85. The van der Waals surface area contributed by atoms with Gasteiger partial charge < -0.3 is 10.1 Å². The third kappa shape index (κ3) is 4.23. The Kier molecular flexibility index (Phi) is 6.61. The molecule has 1 aromatic carbocycles. The van der Waals surface area contributed by atoms with Crippen LogP contribution >= 0.6 is 11.6 Å². The molecule has 0 aliphatic rings. The normalized spacial score (nSPS) is 14.5. The van der Waals surface area contributed by atoms with E-state index in [0.717, 1.165) is 13.0 Å². The molecule has 0 aliphatic heterocycles. The van der Waals surface area contributed by atoms with Crippen molar-refractivity contribution in [3.8, 4) is 0 Å². The van der Waals surface area contributed by atoms with Gasteiger partial charge in [-0.25, -0.2) is 4.39 Å². The van der Waals surface area contributed by atoms with Crippen LogP contribution in [0.3, 0.4) is 0 Å². The van der Waals surface area contributed by atoms with Crippen LogP contribution in [0.15, 0.2) is 18.2 Å². The molecular formula is C14H21ClFNO. The van der Waals surface area contributed by atoms with Crippen LogP contribution in [-0.4, -0.2) is 25.8 Å². The molecule has 102 valence electrons. The van der Waals surface area contributed by atoms with Crippen LogP contribution in [0.5, 0.6) is 0 Å². The lowest BCUT2D eigenvalue weighted by molar-refractivity contribution is 0.0828. The third-order valence-corrected chi connectivity index (χ3v) is 3.43. The van der Waals surface area contributed by atoms with E-state index in [1.54, 1.807) is 19.2 Å². The van der Waals surface area contributed by atoms with E-state index in [1.807, 2.05) is 6.92 Å². The second-order valence-corrected chi connectivity index (χ2v) is 4.81. The maximum atomic E-state index is 13.7. The monoisotopic (exact) mass is 273 g/mol. The molecule has 0 spiro atoms. The van der Waals surface area contributed by atoms with Crippen molar-refractivity contribution in [2.24, 2.45) is 0 Å². The van der Waals surface area contributed by atoms with E-state index in [9.17, 15) is 4.39 Å². The van der Waals surface area contributed by atoms with Crippen molar-refractivity contribution in [3.63, 3.8) is 0 Å². The standard InChI is InChI=1S/C14H21ClFNO/c1-4-8-17-14(10(2)18-3)9-11-12(15)6-5-7-13(11)16/h5-7,10,14,17H,4,8-9H2,1-3H3. The number of halogens is 2. The van der Waals surface area contributed by atoms with E-state index in [2.05, 4.69) is 12.2 Å². The van der Waals surface area contributed by atoms with Crippen molar-refractivity contribution in [1.29, 1.82) is 0 Å². The van der Waals surface area contributed by atoms with Crippen LogP contribution < -0.4 is 5.32 Å². The average molecular weight is 274 g/mol. The predicted octanol–water partition coefficient (Wildman–Crippen LogP) is 3.42. The first-order valence-corrected chi connectivity index (χ1v) is 6.67. The summed E-state index contributed by atoms with van der Waals surface area (Å²) in [5.41, 5.74) is 0.552. The Balaban J connectivity index is 2.81. The Morgan fingerprint density at radius 2 is 2.17 bits per heavy atom. The molecule has 0 fully saturated rings. The minimum Gasteiger partial charge on any atom is -0.380 e. The summed E-state index contributed by atoms with van der Waals surface area (Å²) in [7, 11) is 1.66. The molecule has 2 unspecified atom stereocenters. The van der Waals surface area contributed by atoms with Crippen molar-refractivity contribution in [2.45, 2.75) is 38.8 Å². The van der Waals surface area contributed by atoms with E-state index in [4.69, 9.17) is 16.3 Å². The fourth-order valence-corrected chi connectivity index (χ4v) is 2.09. The highest BCUT2D eigenvalue weighted by Crippen LogP contribution is 2.21. The molecule has 0 saturated heterocycles. The van der Waals surface area contributed by atoms with Crippen LogP contribution in [0.1, 0.15) is 25.8 Å². The summed E-state index contributed by atoms with van der Waals surface area (Å²) in [6.45, 7) is 4.95. The second kappa shape index (κ2) is 7.72. The van der Waals surface area contributed by atoms with Gasteiger partial charge in [0.15, 0.2) is 0 Å². The molecular weight excluding hydrogens is 253 g/mol. The van der Waals surface area contributed by atoms with Crippen LogP contribution in [0.4, 0.5) is 4.39 Å². The number of nitrogens with one attached hydrogen (secondary N) is 1. The molecule has 18 heavy (non-hydrogen) atoms. The van der Waals surface area contributed by atoms with Crippen molar-refractivity contribution < 1.29 is 9.13 Å². The topological polar surface area (TPSA) is 21.3 Å². The summed E-state index contributed by atoms with van der Waals surface area (Å²) in [5, 5.41) is 3.85. The Labute approximate surface area is 113 Å². The number of rotatable bonds is 7. The lowest BCUT2D eigenvalue weighted by Gasteiger charge is -2.24. The van der Waals surface area contributed by atoms with Crippen molar-refractivity contribution in [1.82, 2.24) is 5.32 Å². The zero-order chi connectivity index (χ0) is 13.5. The van der Waals surface area contributed by atoms with Crippen molar-refractivity contribution in [3.05, 3.63) is 34.6 Å². The summed E-state index contributed by atoms with van der Waals surface area (Å²) < 4.78 is 19.1. The van der Waals surface area contributed by atoms with Gasteiger partial charge in [0.25, 0.3) is 0 Å². The number of hydrogen-bond acceptors (Lipinski definition) is 2. The number of ether oxygens (including phenoxy) is 1. The van der Waals surface area contributed by atoms with Crippen molar-refractivity contribution in [2.75, 3.05) is 13.7 Å². The van der Waals surface area contributed by atoms with E-state index in [0.29, 0.717) is 17.0 Å². The summed E-state index contributed by atoms with van der Waals surface area (Å²) in [4.78, 5) is 0. The molecule has 2 atom stereocenters. The Hall–Kier alpha value is -0.640. The first-order chi connectivity index (χ1) is 8.60. The molecule has 0 saturated carbocycles. The zero-order valence-corrected chi connectivity index (χ0v) is 11.9. The van der Waals surface area contributed by atoms with Gasteiger partial charge in [-0.15, -0.1) is 0 Å². The van der Waals surface area contributed by atoms with Gasteiger partial charge in [-0.3, -0.25) is 0 Å².